The molecule has 1 N–H and O–H groups in total. The lowest BCUT2D eigenvalue weighted by Crippen LogP contribution is -2.20. The highest BCUT2D eigenvalue weighted by Crippen LogP contribution is 2.25. The maximum atomic E-state index is 5.40. The third kappa shape index (κ3) is 3.83. The Labute approximate surface area is 104 Å². The molecule has 0 aliphatic carbocycles. The minimum absolute atomic E-state index is 0.499. The van der Waals surface area contributed by atoms with E-state index >= 15 is 0 Å². The molecule has 1 unspecified atom stereocenters. The first-order valence-corrected chi connectivity index (χ1v) is 6.70. The van der Waals surface area contributed by atoms with Crippen LogP contribution in [0.15, 0.2) is 30.3 Å². The number of ether oxygens (including phenoxy) is 1. The second-order valence-electron chi connectivity index (χ2n) is 4.89. The van der Waals surface area contributed by atoms with Crippen LogP contribution in [0.5, 0.6) is 0 Å². The normalized spacial score (nSPS) is 19.1. The minimum atomic E-state index is 0.499. The van der Waals surface area contributed by atoms with Gasteiger partial charge in [0.15, 0.2) is 0 Å². The van der Waals surface area contributed by atoms with Crippen LogP contribution in [0.4, 0.5) is 0 Å². The fraction of sp³-hybridized carbons (Fsp3) is 0.600. The van der Waals surface area contributed by atoms with Crippen LogP contribution in [-0.4, -0.2) is 20.3 Å². The van der Waals surface area contributed by atoms with Gasteiger partial charge >= 0.3 is 0 Å². The van der Waals surface area contributed by atoms with E-state index in [9.17, 15) is 0 Å². The molecule has 0 radical (unpaired) electrons. The molecule has 0 aromatic heterocycles. The summed E-state index contributed by atoms with van der Waals surface area (Å²) in [5.41, 5.74) is 1.40. The molecular weight excluding hydrogens is 210 g/mol. The number of benzene rings is 1. The molecule has 1 aromatic carbocycles. The first-order chi connectivity index (χ1) is 8.40. The Morgan fingerprint density at radius 1 is 1.24 bits per heavy atom. The van der Waals surface area contributed by atoms with E-state index < -0.39 is 0 Å². The molecule has 1 aliphatic rings. The van der Waals surface area contributed by atoms with Crippen molar-refractivity contribution in [2.45, 2.75) is 31.7 Å². The van der Waals surface area contributed by atoms with Crippen molar-refractivity contribution in [1.29, 1.82) is 0 Å². The van der Waals surface area contributed by atoms with E-state index in [4.69, 9.17) is 4.74 Å². The first kappa shape index (κ1) is 12.6. The zero-order chi connectivity index (χ0) is 11.9. The molecule has 1 aliphatic heterocycles. The Morgan fingerprint density at radius 3 is 2.59 bits per heavy atom. The van der Waals surface area contributed by atoms with E-state index in [-0.39, 0.29) is 0 Å². The van der Waals surface area contributed by atoms with Gasteiger partial charge in [-0.1, -0.05) is 30.3 Å². The van der Waals surface area contributed by atoms with Gasteiger partial charge < -0.3 is 10.1 Å². The van der Waals surface area contributed by atoms with E-state index in [1.807, 2.05) is 0 Å². The summed E-state index contributed by atoms with van der Waals surface area (Å²) in [6, 6.07) is 11.2. The predicted molar refractivity (Wildman–Crippen MR) is 71.0 cm³/mol. The monoisotopic (exact) mass is 233 g/mol. The summed E-state index contributed by atoms with van der Waals surface area (Å²) in [6.07, 6.45) is 5.02. The molecule has 1 atom stereocenters. The molecule has 2 rings (SSSR count). The molecule has 2 heteroatoms. The van der Waals surface area contributed by atoms with Crippen LogP contribution >= 0.6 is 0 Å². The fourth-order valence-corrected chi connectivity index (χ4v) is 2.60. The zero-order valence-electron chi connectivity index (χ0n) is 10.7. The average molecular weight is 233 g/mol. The summed E-state index contributed by atoms with van der Waals surface area (Å²) in [7, 11) is 2.06. The van der Waals surface area contributed by atoms with Crippen molar-refractivity contribution in [1.82, 2.24) is 5.32 Å². The van der Waals surface area contributed by atoms with Gasteiger partial charge in [0, 0.05) is 19.3 Å². The maximum absolute atomic E-state index is 5.40. The molecule has 0 spiro atoms. The van der Waals surface area contributed by atoms with E-state index in [1.165, 1.54) is 31.2 Å². The molecule has 0 saturated carbocycles. The summed E-state index contributed by atoms with van der Waals surface area (Å²) in [5, 5.41) is 3.43. The van der Waals surface area contributed by atoms with Gasteiger partial charge in [-0.25, -0.2) is 0 Å². The van der Waals surface area contributed by atoms with Gasteiger partial charge in [-0.2, -0.15) is 0 Å². The molecule has 0 amide bonds. The van der Waals surface area contributed by atoms with Crippen LogP contribution in [0.25, 0.3) is 0 Å². The lowest BCUT2D eigenvalue weighted by atomic mass is 9.91. The van der Waals surface area contributed by atoms with Crippen molar-refractivity contribution in [2.24, 2.45) is 5.92 Å². The molecule has 2 nitrogen and oxygen atoms in total. The van der Waals surface area contributed by atoms with Crippen LogP contribution in [0, 0.1) is 5.92 Å². The van der Waals surface area contributed by atoms with E-state index in [0.29, 0.717) is 6.04 Å². The zero-order valence-corrected chi connectivity index (χ0v) is 10.7. The van der Waals surface area contributed by atoms with Crippen molar-refractivity contribution in [2.75, 3.05) is 20.3 Å². The molecular formula is C15H23NO. The largest absolute Gasteiger partial charge is 0.381 e. The second kappa shape index (κ2) is 6.77. The summed E-state index contributed by atoms with van der Waals surface area (Å²) in [6.45, 7) is 1.92. The van der Waals surface area contributed by atoms with E-state index in [2.05, 4.69) is 42.7 Å². The Bertz CT molecular complexity index is 306. The number of rotatable bonds is 5. The van der Waals surface area contributed by atoms with Gasteiger partial charge in [0.25, 0.3) is 0 Å². The van der Waals surface area contributed by atoms with Crippen molar-refractivity contribution in [3.05, 3.63) is 35.9 Å². The van der Waals surface area contributed by atoms with Crippen LogP contribution in [0.2, 0.25) is 0 Å². The number of hydrogen-bond acceptors (Lipinski definition) is 2. The Morgan fingerprint density at radius 2 is 1.94 bits per heavy atom. The lowest BCUT2D eigenvalue weighted by Gasteiger charge is -2.24. The Kier molecular flexibility index (Phi) is 5.02. The summed E-state index contributed by atoms with van der Waals surface area (Å²) >= 11 is 0. The highest BCUT2D eigenvalue weighted by atomic mass is 16.5. The van der Waals surface area contributed by atoms with Gasteiger partial charge in [0.05, 0.1) is 0 Å². The predicted octanol–water partition coefficient (Wildman–Crippen LogP) is 3.15. The first-order valence-electron chi connectivity index (χ1n) is 6.70. The highest BCUT2D eigenvalue weighted by Gasteiger charge is 2.16. The SMILES string of the molecule is CNC(CCC1CCOCC1)c1ccccc1. The standard InChI is InChI=1S/C15H23NO/c1-16-15(14-5-3-2-4-6-14)8-7-13-9-11-17-12-10-13/h2-6,13,15-16H,7-12H2,1H3. The molecule has 17 heavy (non-hydrogen) atoms. The fourth-order valence-electron chi connectivity index (χ4n) is 2.60. The molecule has 1 heterocycles. The van der Waals surface area contributed by atoms with Crippen molar-refractivity contribution >= 4 is 0 Å². The minimum Gasteiger partial charge on any atom is -0.381 e. The number of hydrogen-bond donors (Lipinski definition) is 1. The summed E-state index contributed by atoms with van der Waals surface area (Å²) in [5.74, 6) is 0.864. The van der Waals surface area contributed by atoms with Crippen LogP contribution < -0.4 is 5.32 Å². The quantitative estimate of drug-likeness (QED) is 0.843. The van der Waals surface area contributed by atoms with Gasteiger partial charge in [-0.3, -0.25) is 0 Å². The van der Waals surface area contributed by atoms with Crippen molar-refractivity contribution < 1.29 is 4.74 Å². The second-order valence-corrected chi connectivity index (χ2v) is 4.89. The average Bonchev–Trinajstić information content (AvgIpc) is 2.42. The van der Waals surface area contributed by atoms with Crippen LogP contribution in [0.3, 0.4) is 0 Å². The van der Waals surface area contributed by atoms with E-state index in [1.54, 1.807) is 0 Å². The maximum Gasteiger partial charge on any atom is 0.0468 e. The lowest BCUT2D eigenvalue weighted by molar-refractivity contribution is 0.0624. The Hall–Kier alpha value is -0.860. The van der Waals surface area contributed by atoms with Gasteiger partial charge in [-0.05, 0) is 44.2 Å². The highest BCUT2D eigenvalue weighted by molar-refractivity contribution is 5.18. The van der Waals surface area contributed by atoms with E-state index in [0.717, 1.165) is 19.1 Å². The third-order valence-electron chi connectivity index (χ3n) is 3.75. The summed E-state index contributed by atoms with van der Waals surface area (Å²) < 4.78 is 5.40. The number of nitrogens with one attached hydrogen (secondary N) is 1. The van der Waals surface area contributed by atoms with Gasteiger partial charge in [0.2, 0.25) is 0 Å². The third-order valence-corrected chi connectivity index (χ3v) is 3.75. The summed E-state index contributed by atoms with van der Waals surface area (Å²) in [4.78, 5) is 0. The topological polar surface area (TPSA) is 21.3 Å². The van der Waals surface area contributed by atoms with Gasteiger partial charge in [0.1, 0.15) is 0 Å². The molecule has 1 fully saturated rings. The van der Waals surface area contributed by atoms with Gasteiger partial charge in [-0.15, -0.1) is 0 Å². The molecule has 1 saturated heterocycles. The van der Waals surface area contributed by atoms with Crippen LogP contribution in [-0.2, 0) is 4.74 Å². The van der Waals surface area contributed by atoms with Crippen LogP contribution in [0.1, 0.15) is 37.3 Å². The van der Waals surface area contributed by atoms with Crippen molar-refractivity contribution in [3.8, 4) is 0 Å². The smallest absolute Gasteiger partial charge is 0.0468 e. The Balaban J connectivity index is 1.83. The van der Waals surface area contributed by atoms with Crippen molar-refractivity contribution in [3.63, 3.8) is 0 Å². The molecule has 1 aromatic rings. The molecule has 94 valence electrons. The molecule has 0 bridgehead atoms.